The van der Waals surface area contributed by atoms with Crippen molar-refractivity contribution in [2.45, 2.75) is 6.92 Å². The summed E-state index contributed by atoms with van der Waals surface area (Å²) in [5.41, 5.74) is 8.68. The molecule has 0 spiro atoms. The van der Waals surface area contributed by atoms with E-state index in [0.717, 1.165) is 0 Å². The number of nitrogens with two attached hydrogens (primary N) is 1. The molecule has 0 heterocycles. The van der Waals surface area contributed by atoms with Crippen LogP contribution in [0.15, 0.2) is 47.6 Å². The van der Waals surface area contributed by atoms with Crippen LogP contribution in [0.4, 0.5) is 5.69 Å². The number of anilines is 1. The van der Waals surface area contributed by atoms with Gasteiger partial charge in [-0.1, -0.05) is 11.6 Å². The van der Waals surface area contributed by atoms with Crippen molar-refractivity contribution in [1.29, 1.82) is 0 Å². The molecular formula is C19H19ClN4O5. The van der Waals surface area contributed by atoms with Crippen LogP contribution in [0.2, 0.25) is 5.02 Å². The molecule has 2 aromatic carbocycles. The molecule has 0 bridgehead atoms. The molecular weight excluding hydrogens is 400 g/mol. The third-order valence-corrected chi connectivity index (χ3v) is 3.84. The summed E-state index contributed by atoms with van der Waals surface area (Å²) in [5.74, 6) is -1.75. The smallest absolute Gasteiger partial charge is 0.329 e. The van der Waals surface area contributed by atoms with Gasteiger partial charge in [-0.3, -0.25) is 14.4 Å². The van der Waals surface area contributed by atoms with Gasteiger partial charge in [0.05, 0.1) is 12.8 Å². The molecule has 0 atom stereocenters. The fourth-order valence-corrected chi connectivity index (χ4v) is 2.26. The SMILES string of the molecule is COc1cc(C(C)=NNC(=O)C(=O)Nc2ccc(Cl)cc2)ccc1OCC(N)=O. The summed E-state index contributed by atoms with van der Waals surface area (Å²) >= 11 is 5.77. The normalized spacial score (nSPS) is 10.8. The molecule has 2 rings (SSSR count). The second kappa shape index (κ2) is 10.1. The van der Waals surface area contributed by atoms with Crippen LogP contribution in [-0.2, 0) is 14.4 Å². The van der Waals surface area contributed by atoms with Crippen molar-refractivity contribution in [2.75, 3.05) is 19.0 Å². The first-order valence-electron chi connectivity index (χ1n) is 8.31. The van der Waals surface area contributed by atoms with Crippen LogP contribution in [0.3, 0.4) is 0 Å². The maximum Gasteiger partial charge on any atom is 0.329 e. The Morgan fingerprint density at radius 3 is 2.38 bits per heavy atom. The predicted molar refractivity (Wildman–Crippen MR) is 108 cm³/mol. The highest BCUT2D eigenvalue weighted by atomic mass is 35.5. The van der Waals surface area contributed by atoms with Gasteiger partial charge in [0, 0.05) is 16.3 Å². The van der Waals surface area contributed by atoms with E-state index >= 15 is 0 Å². The summed E-state index contributed by atoms with van der Waals surface area (Å²) < 4.78 is 10.5. The number of carbonyl (C=O) groups excluding carboxylic acids is 3. The largest absolute Gasteiger partial charge is 0.493 e. The zero-order chi connectivity index (χ0) is 21.4. The molecule has 0 aliphatic rings. The molecule has 152 valence electrons. The fraction of sp³-hybridized carbons (Fsp3) is 0.158. The quantitative estimate of drug-likeness (QED) is 0.357. The van der Waals surface area contributed by atoms with E-state index in [0.29, 0.717) is 33.5 Å². The zero-order valence-corrected chi connectivity index (χ0v) is 16.4. The van der Waals surface area contributed by atoms with Crippen LogP contribution in [0.5, 0.6) is 11.5 Å². The number of halogens is 1. The van der Waals surface area contributed by atoms with Crippen molar-refractivity contribution in [3.05, 3.63) is 53.1 Å². The standard InChI is InChI=1S/C19H19ClN4O5/c1-11(12-3-8-15(16(9-12)28-2)29-10-17(21)25)23-24-19(27)18(26)22-14-6-4-13(20)5-7-14/h3-9H,10H2,1-2H3,(H2,21,25)(H,22,26)(H,24,27). The number of primary amides is 1. The van der Waals surface area contributed by atoms with Gasteiger partial charge in [0.15, 0.2) is 18.1 Å². The van der Waals surface area contributed by atoms with E-state index in [9.17, 15) is 14.4 Å². The summed E-state index contributed by atoms with van der Waals surface area (Å²) in [5, 5.41) is 6.85. The van der Waals surface area contributed by atoms with Crippen LogP contribution in [-0.4, -0.2) is 37.1 Å². The Morgan fingerprint density at radius 1 is 1.07 bits per heavy atom. The average molecular weight is 419 g/mol. The van der Waals surface area contributed by atoms with Gasteiger partial charge in [-0.15, -0.1) is 0 Å². The van der Waals surface area contributed by atoms with Crippen molar-refractivity contribution in [3.63, 3.8) is 0 Å². The lowest BCUT2D eigenvalue weighted by Gasteiger charge is -2.11. The molecule has 4 N–H and O–H groups in total. The highest BCUT2D eigenvalue weighted by molar-refractivity contribution is 6.39. The molecule has 29 heavy (non-hydrogen) atoms. The summed E-state index contributed by atoms with van der Waals surface area (Å²) in [4.78, 5) is 34.7. The number of hydrogen-bond acceptors (Lipinski definition) is 6. The number of hydrogen-bond donors (Lipinski definition) is 3. The van der Waals surface area contributed by atoms with Crippen LogP contribution >= 0.6 is 11.6 Å². The molecule has 3 amide bonds. The first kappa shape index (κ1) is 21.7. The number of nitrogens with one attached hydrogen (secondary N) is 2. The Balaban J connectivity index is 2.02. The lowest BCUT2D eigenvalue weighted by atomic mass is 10.1. The molecule has 0 fully saturated rings. The lowest BCUT2D eigenvalue weighted by molar-refractivity contribution is -0.136. The second-order valence-corrected chi connectivity index (χ2v) is 6.16. The number of rotatable bonds is 7. The molecule has 0 saturated carbocycles. The highest BCUT2D eigenvalue weighted by Gasteiger charge is 2.14. The molecule has 0 aliphatic carbocycles. The molecule has 10 heteroatoms. The van der Waals surface area contributed by atoms with Crippen LogP contribution in [0.25, 0.3) is 0 Å². The minimum Gasteiger partial charge on any atom is -0.493 e. The summed E-state index contributed by atoms with van der Waals surface area (Å²) in [6, 6.07) is 11.1. The Hall–Kier alpha value is -3.59. The third-order valence-electron chi connectivity index (χ3n) is 3.58. The second-order valence-electron chi connectivity index (χ2n) is 5.72. The zero-order valence-electron chi connectivity index (χ0n) is 15.7. The number of amides is 3. The number of carbonyl (C=O) groups is 3. The maximum atomic E-state index is 11.9. The number of ether oxygens (including phenoxy) is 2. The first-order chi connectivity index (χ1) is 13.8. The summed E-state index contributed by atoms with van der Waals surface area (Å²) in [7, 11) is 1.44. The van der Waals surface area contributed by atoms with Gasteiger partial charge in [0.1, 0.15) is 0 Å². The predicted octanol–water partition coefficient (Wildman–Crippen LogP) is 1.69. The van der Waals surface area contributed by atoms with Crippen molar-refractivity contribution < 1.29 is 23.9 Å². The molecule has 2 aromatic rings. The van der Waals surface area contributed by atoms with E-state index in [-0.39, 0.29) is 6.61 Å². The van der Waals surface area contributed by atoms with E-state index < -0.39 is 17.7 Å². The third kappa shape index (κ3) is 6.51. The van der Waals surface area contributed by atoms with E-state index in [1.165, 1.54) is 7.11 Å². The van der Waals surface area contributed by atoms with Gasteiger partial charge < -0.3 is 20.5 Å². The molecule has 0 aromatic heterocycles. The Morgan fingerprint density at radius 2 is 1.76 bits per heavy atom. The van der Waals surface area contributed by atoms with E-state index in [1.807, 2.05) is 0 Å². The van der Waals surface area contributed by atoms with Gasteiger partial charge >= 0.3 is 11.8 Å². The molecule has 0 unspecified atom stereocenters. The van der Waals surface area contributed by atoms with Crippen molar-refractivity contribution in [1.82, 2.24) is 5.43 Å². The maximum absolute atomic E-state index is 11.9. The fourth-order valence-electron chi connectivity index (χ4n) is 2.13. The first-order valence-corrected chi connectivity index (χ1v) is 8.68. The lowest BCUT2D eigenvalue weighted by Crippen LogP contribution is -2.32. The molecule has 0 saturated heterocycles. The number of benzene rings is 2. The number of nitrogens with zero attached hydrogens (tertiary/aromatic N) is 1. The van der Waals surface area contributed by atoms with Crippen LogP contribution in [0, 0.1) is 0 Å². The van der Waals surface area contributed by atoms with E-state index in [1.54, 1.807) is 49.4 Å². The molecule has 0 aliphatic heterocycles. The van der Waals surface area contributed by atoms with Gasteiger partial charge in [-0.05, 0) is 49.4 Å². The van der Waals surface area contributed by atoms with E-state index in [2.05, 4.69) is 15.8 Å². The van der Waals surface area contributed by atoms with Gasteiger partial charge in [-0.2, -0.15) is 5.10 Å². The molecule has 0 radical (unpaired) electrons. The minimum atomic E-state index is -0.937. The monoisotopic (exact) mass is 418 g/mol. The minimum absolute atomic E-state index is 0.290. The Labute approximate surface area is 171 Å². The summed E-state index contributed by atoms with van der Waals surface area (Å²) in [6.45, 7) is 1.34. The number of methoxy groups -OCH3 is 1. The Kier molecular flexibility index (Phi) is 7.55. The van der Waals surface area contributed by atoms with Crippen LogP contribution < -0.4 is 25.9 Å². The summed E-state index contributed by atoms with van der Waals surface area (Å²) in [6.07, 6.45) is 0. The highest BCUT2D eigenvalue weighted by Crippen LogP contribution is 2.28. The Bertz CT molecular complexity index is 944. The average Bonchev–Trinajstić information content (AvgIpc) is 2.71. The van der Waals surface area contributed by atoms with Gasteiger partial charge in [0.2, 0.25) is 0 Å². The van der Waals surface area contributed by atoms with Crippen molar-refractivity contribution >= 4 is 40.7 Å². The van der Waals surface area contributed by atoms with Crippen molar-refractivity contribution in [2.24, 2.45) is 10.8 Å². The van der Waals surface area contributed by atoms with Crippen LogP contribution in [0.1, 0.15) is 12.5 Å². The number of hydrazone groups is 1. The van der Waals surface area contributed by atoms with Gasteiger partial charge in [0.25, 0.3) is 5.91 Å². The molecule has 9 nitrogen and oxygen atoms in total. The van der Waals surface area contributed by atoms with E-state index in [4.69, 9.17) is 26.8 Å². The topological polar surface area (TPSA) is 132 Å². The van der Waals surface area contributed by atoms with Crippen molar-refractivity contribution in [3.8, 4) is 11.5 Å². The van der Waals surface area contributed by atoms with Gasteiger partial charge in [-0.25, -0.2) is 5.43 Å².